The summed E-state index contributed by atoms with van der Waals surface area (Å²) in [6, 6.07) is 4.06. The topological polar surface area (TPSA) is 64.9 Å². The average molecular weight is 363 g/mol. The van der Waals surface area contributed by atoms with Crippen LogP contribution in [0.3, 0.4) is 0 Å². The number of aryl methyl sites for hydroxylation is 1. The summed E-state index contributed by atoms with van der Waals surface area (Å²) < 4.78 is 33.6. The van der Waals surface area contributed by atoms with Gasteiger partial charge in [-0.3, -0.25) is 0 Å². The van der Waals surface area contributed by atoms with Crippen molar-refractivity contribution in [2.75, 3.05) is 18.5 Å². The van der Waals surface area contributed by atoms with Gasteiger partial charge >= 0.3 is 0 Å². The molecule has 1 saturated heterocycles. The molecule has 0 amide bonds. The molecular weight excluding hydrogens is 340 g/mol. The molecule has 6 nitrogen and oxygen atoms in total. The number of aromatic nitrogens is 4. The Kier molecular flexibility index (Phi) is 4.60. The van der Waals surface area contributed by atoms with E-state index in [-0.39, 0.29) is 24.8 Å². The van der Waals surface area contributed by atoms with Crippen LogP contribution in [-0.4, -0.2) is 44.9 Å². The molecule has 0 radical (unpaired) electrons. The number of rotatable bonds is 5. The third kappa shape index (κ3) is 4.00. The second-order valence-corrected chi connectivity index (χ2v) is 7.33. The van der Waals surface area contributed by atoms with Crippen LogP contribution in [-0.2, 0) is 11.2 Å². The number of nitrogens with one attached hydrogen (secondary N) is 1. The van der Waals surface area contributed by atoms with E-state index in [1.165, 1.54) is 0 Å². The van der Waals surface area contributed by atoms with Crippen molar-refractivity contribution in [3.63, 3.8) is 0 Å². The maximum absolute atomic E-state index is 13.4. The molecule has 0 unspecified atom stereocenters. The lowest BCUT2D eigenvalue weighted by atomic mass is 9.84. The van der Waals surface area contributed by atoms with E-state index in [0.29, 0.717) is 38.4 Å². The molecule has 0 aromatic carbocycles. The monoisotopic (exact) mass is 363 g/mol. The van der Waals surface area contributed by atoms with Crippen LogP contribution in [0.4, 0.5) is 14.6 Å². The van der Waals surface area contributed by atoms with Crippen LogP contribution in [0.5, 0.6) is 0 Å². The van der Waals surface area contributed by atoms with Crippen molar-refractivity contribution in [3.8, 4) is 5.95 Å². The standard InChI is InChI=1S/C18H23F2N5O/c1-12-4-7-25(24-12)17-22-14(8-13-2-5-18(19,20)6-3-13)9-16(23-17)21-15-10-26-11-15/h4,7,9,13,15H,2-3,5-6,8,10-11H2,1H3,(H,21,22,23). The first-order valence-corrected chi connectivity index (χ1v) is 9.10. The lowest BCUT2D eigenvalue weighted by Crippen LogP contribution is -2.40. The Morgan fingerprint density at radius 1 is 1.27 bits per heavy atom. The fraction of sp³-hybridized carbons (Fsp3) is 0.611. The van der Waals surface area contributed by atoms with E-state index in [4.69, 9.17) is 4.74 Å². The van der Waals surface area contributed by atoms with Gasteiger partial charge in [-0.05, 0) is 38.2 Å². The summed E-state index contributed by atoms with van der Waals surface area (Å²) in [4.78, 5) is 9.19. The summed E-state index contributed by atoms with van der Waals surface area (Å²) >= 11 is 0. The Balaban J connectivity index is 1.55. The van der Waals surface area contributed by atoms with Crippen molar-refractivity contribution in [2.45, 2.75) is 51.0 Å². The molecule has 2 aromatic heterocycles. The highest BCUT2D eigenvalue weighted by Crippen LogP contribution is 2.37. The highest BCUT2D eigenvalue weighted by molar-refractivity contribution is 5.40. The second-order valence-electron chi connectivity index (χ2n) is 7.33. The maximum Gasteiger partial charge on any atom is 0.252 e. The summed E-state index contributed by atoms with van der Waals surface area (Å²) in [5, 5.41) is 7.73. The zero-order valence-corrected chi connectivity index (χ0v) is 14.8. The van der Waals surface area contributed by atoms with Crippen LogP contribution < -0.4 is 5.32 Å². The van der Waals surface area contributed by atoms with E-state index in [2.05, 4.69) is 20.4 Å². The van der Waals surface area contributed by atoms with Gasteiger partial charge in [0, 0.05) is 30.8 Å². The quantitative estimate of drug-likeness (QED) is 0.884. The fourth-order valence-corrected chi connectivity index (χ4v) is 3.42. The van der Waals surface area contributed by atoms with Crippen LogP contribution in [0.2, 0.25) is 0 Å². The minimum atomic E-state index is -2.50. The van der Waals surface area contributed by atoms with Gasteiger partial charge in [0.2, 0.25) is 5.92 Å². The molecule has 0 atom stereocenters. The molecule has 1 saturated carbocycles. The number of nitrogens with zero attached hydrogens (tertiary/aromatic N) is 4. The number of hydrogen-bond acceptors (Lipinski definition) is 5. The van der Waals surface area contributed by atoms with E-state index < -0.39 is 5.92 Å². The van der Waals surface area contributed by atoms with Gasteiger partial charge in [-0.2, -0.15) is 10.1 Å². The molecule has 0 bridgehead atoms. The third-order valence-corrected chi connectivity index (χ3v) is 5.02. The Morgan fingerprint density at radius 2 is 2.04 bits per heavy atom. The van der Waals surface area contributed by atoms with Gasteiger partial charge in [0.05, 0.1) is 24.9 Å². The molecule has 140 valence electrons. The largest absolute Gasteiger partial charge is 0.377 e. The molecule has 2 aliphatic rings. The van der Waals surface area contributed by atoms with Crippen LogP contribution in [0.25, 0.3) is 5.95 Å². The Hall–Kier alpha value is -2.09. The SMILES string of the molecule is Cc1ccn(-c2nc(CC3CCC(F)(F)CC3)cc(NC3COC3)n2)n1. The Morgan fingerprint density at radius 3 is 2.65 bits per heavy atom. The van der Waals surface area contributed by atoms with Crippen LogP contribution >= 0.6 is 0 Å². The Labute approximate surface area is 151 Å². The summed E-state index contributed by atoms with van der Waals surface area (Å²) in [6.07, 6.45) is 3.52. The van der Waals surface area contributed by atoms with Gasteiger partial charge in [0.15, 0.2) is 0 Å². The van der Waals surface area contributed by atoms with Gasteiger partial charge in [0.25, 0.3) is 5.95 Å². The predicted molar refractivity (Wildman–Crippen MR) is 92.7 cm³/mol. The lowest BCUT2D eigenvalue weighted by Gasteiger charge is -2.29. The molecule has 8 heteroatoms. The van der Waals surface area contributed by atoms with Crippen molar-refractivity contribution in [1.82, 2.24) is 19.7 Å². The van der Waals surface area contributed by atoms with Crippen molar-refractivity contribution in [3.05, 3.63) is 29.7 Å². The predicted octanol–water partition coefficient (Wildman–Crippen LogP) is 3.15. The number of anilines is 1. The van der Waals surface area contributed by atoms with Crippen molar-refractivity contribution >= 4 is 5.82 Å². The van der Waals surface area contributed by atoms with Gasteiger partial charge in [-0.25, -0.2) is 18.4 Å². The molecule has 26 heavy (non-hydrogen) atoms. The van der Waals surface area contributed by atoms with E-state index >= 15 is 0 Å². The number of ether oxygens (including phenoxy) is 1. The van der Waals surface area contributed by atoms with Crippen molar-refractivity contribution in [2.24, 2.45) is 5.92 Å². The zero-order chi connectivity index (χ0) is 18.1. The lowest BCUT2D eigenvalue weighted by molar-refractivity contribution is -0.0457. The number of alkyl halides is 2. The van der Waals surface area contributed by atoms with Gasteiger partial charge in [-0.1, -0.05) is 0 Å². The van der Waals surface area contributed by atoms with Gasteiger partial charge < -0.3 is 10.1 Å². The second kappa shape index (κ2) is 6.90. The normalized spacial score (nSPS) is 20.7. The third-order valence-electron chi connectivity index (χ3n) is 5.02. The summed E-state index contributed by atoms with van der Waals surface area (Å²) in [5.74, 6) is -1.04. The smallest absolute Gasteiger partial charge is 0.252 e. The Bertz CT molecular complexity index is 765. The van der Waals surface area contributed by atoms with Gasteiger partial charge in [0.1, 0.15) is 5.82 Å². The van der Waals surface area contributed by atoms with Crippen LogP contribution in [0, 0.1) is 12.8 Å². The summed E-state index contributed by atoms with van der Waals surface area (Å²) in [7, 11) is 0. The maximum atomic E-state index is 13.4. The molecule has 2 aromatic rings. The number of halogens is 2. The van der Waals surface area contributed by atoms with E-state index in [9.17, 15) is 8.78 Å². The molecule has 1 aliphatic carbocycles. The minimum absolute atomic E-state index is 0.0293. The van der Waals surface area contributed by atoms with Crippen molar-refractivity contribution < 1.29 is 13.5 Å². The van der Waals surface area contributed by atoms with E-state index in [1.807, 2.05) is 25.3 Å². The summed E-state index contributed by atoms with van der Waals surface area (Å²) in [6.45, 7) is 3.23. The van der Waals surface area contributed by atoms with E-state index in [0.717, 1.165) is 17.2 Å². The fourth-order valence-electron chi connectivity index (χ4n) is 3.42. The summed E-state index contributed by atoms with van der Waals surface area (Å²) in [5.41, 5.74) is 1.75. The highest BCUT2D eigenvalue weighted by atomic mass is 19.3. The van der Waals surface area contributed by atoms with Crippen LogP contribution in [0.1, 0.15) is 37.1 Å². The molecule has 1 N–H and O–H groups in total. The van der Waals surface area contributed by atoms with Crippen LogP contribution in [0.15, 0.2) is 18.3 Å². The molecule has 1 aliphatic heterocycles. The first kappa shape index (κ1) is 17.3. The molecule has 0 spiro atoms. The first-order chi connectivity index (χ1) is 12.5. The highest BCUT2D eigenvalue weighted by Gasteiger charge is 2.35. The first-order valence-electron chi connectivity index (χ1n) is 9.10. The molecular formula is C18H23F2N5O. The van der Waals surface area contributed by atoms with E-state index in [1.54, 1.807) is 4.68 Å². The van der Waals surface area contributed by atoms with Gasteiger partial charge in [-0.15, -0.1) is 0 Å². The number of hydrogen-bond donors (Lipinski definition) is 1. The van der Waals surface area contributed by atoms with Crippen molar-refractivity contribution in [1.29, 1.82) is 0 Å². The molecule has 3 heterocycles. The zero-order valence-electron chi connectivity index (χ0n) is 14.8. The average Bonchev–Trinajstić information content (AvgIpc) is 3.00. The minimum Gasteiger partial charge on any atom is -0.377 e. The molecule has 2 fully saturated rings. The molecule has 4 rings (SSSR count).